The molecule has 2 N–H and O–H groups in total. The number of hydrogen-bond donors (Lipinski definition) is 2. The van der Waals surface area contributed by atoms with Crippen LogP contribution in [0.1, 0.15) is 23.2 Å². The lowest BCUT2D eigenvalue weighted by atomic mass is 9.97. The number of aromatic hydroxyl groups is 1. The number of nitrogens with zero attached hydrogens (tertiary/aromatic N) is 2. The molecular formula is C22H23N3O3. The van der Waals surface area contributed by atoms with E-state index in [0.29, 0.717) is 38.3 Å². The van der Waals surface area contributed by atoms with Crippen LogP contribution in [-0.4, -0.2) is 39.0 Å². The predicted molar refractivity (Wildman–Crippen MR) is 106 cm³/mol. The number of fused-ring (bicyclic) bond motifs is 1. The van der Waals surface area contributed by atoms with Gasteiger partial charge in [-0.15, -0.1) is 0 Å². The fourth-order valence-corrected chi connectivity index (χ4v) is 3.59. The Bertz CT molecular complexity index is 983. The van der Waals surface area contributed by atoms with E-state index < -0.39 is 0 Å². The molecule has 1 amide bonds. The minimum atomic E-state index is 0.0619. The number of carbonyl (C=O) groups excluding carboxylic acids is 1. The van der Waals surface area contributed by atoms with Gasteiger partial charge in [-0.25, -0.2) is 4.98 Å². The fourth-order valence-electron chi connectivity index (χ4n) is 3.59. The van der Waals surface area contributed by atoms with Crippen LogP contribution in [0.3, 0.4) is 0 Å². The van der Waals surface area contributed by atoms with Crippen molar-refractivity contribution in [3.8, 4) is 22.6 Å². The van der Waals surface area contributed by atoms with Crippen LogP contribution in [0.4, 0.5) is 0 Å². The Kier molecular flexibility index (Phi) is 5.02. The van der Waals surface area contributed by atoms with Gasteiger partial charge in [-0.1, -0.05) is 24.3 Å². The summed E-state index contributed by atoms with van der Waals surface area (Å²) >= 11 is 0. The molecule has 0 unspecified atom stereocenters. The number of phenolic OH excluding ortho intramolecular Hbond substituents is 1. The molecule has 0 fully saturated rings. The van der Waals surface area contributed by atoms with Crippen molar-refractivity contribution in [2.45, 2.75) is 26.3 Å². The zero-order chi connectivity index (χ0) is 19.5. The number of amides is 1. The summed E-state index contributed by atoms with van der Waals surface area (Å²) in [6, 6.07) is 11.8. The predicted octanol–water partition coefficient (Wildman–Crippen LogP) is 3.44. The zero-order valence-electron chi connectivity index (χ0n) is 15.8. The highest BCUT2D eigenvalue weighted by Crippen LogP contribution is 2.38. The lowest BCUT2D eigenvalue weighted by Crippen LogP contribution is -2.32. The Morgan fingerprint density at radius 2 is 2.18 bits per heavy atom. The van der Waals surface area contributed by atoms with Crippen LogP contribution in [0.5, 0.6) is 11.5 Å². The maximum absolute atomic E-state index is 12.7. The third-order valence-corrected chi connectivity index (χ3v) is 5.09. The van der Waals surface area contributed by atoms with E-state index in [2.05, 4.69) is 9.97 Å². The minimum Gasteiger partial charge on any atom is -0.504 e. The minimum absolute atomic E-state index is 0.0619. The van der Waals surface area contributed by atoms with Gasteiger partial charge in [0.1, 0.15) is 6.61 Å². The van der Waals surface area contributed by atoms with Crippen LogP contribution in [0.2, 0.25) is 0 Å². The summed E-state index contributed by atoms with van der Waals surface area (Å²) in [5.74, 6) is 0.649. The van der Waals surface area contributed by atoms with Gasteiger partial charge in [-0.3, -0.25) is 4.79 Å². The van der Waals surface area contributed by atoms with Crippen molar-refractivity contribution >= 4 is 5.91 Å². The summed E-state index contributed by atoms with van der Waals surface area (Å²) in [4.78, 5) is 21.5. The molecule has 6 nitrogen and oxygen atoms in total. The summed E-state index contributed by atoms with van der Waals surface area (Å²) in [7, 11) is 0. The number of carbonyl (C=O) groups is 1. The van der Waals surface area contributed by atoms with E-state index in [-0.39, 0.29) is 11.7 Å². The topological polar surface area (TPSA) is 78.5 Å². The van der Waals surface area contributed by atoms with Crippen molar-refractivity contribution in [3.05, 3.63) is 65.7 Å². The molecule has 0 bridgehead atoms. The molecule has 28 heavy (non-hydrogen) atoms. The smallest absolute Gasteiger partial charge is 0.223 e. The molecule has 0 saturated carbocycles. The first-order chi connectivity index (χ1) is 13.6. The normalized spacial score (nSPS) is 13.5. The van der Waals surface area contributed by atoms with E-state index in [1.807, 2.05) is 37.3 Å². The number of aromatic nitrogens is 2. The molecule has 144 valence electrons. The Morgan fingerprint density at radius 1 is 1.32 bits per heavy atom. The second kappa shape index (κ2) is 7.76. The molecule has 0 aliphatic carbocycles. The van der Waals surface area contributed by atoms with Gasteiger partial charge in [0, 0.05) is 30.4 Å². The molecule has 4 rings (SSSR count). The Labute approximate surface area is 163 Å². The van der Waals surface area contributed by atoms with Crippen LogP contribution in [0, 0.1) is 6.92 Å². The SMILES string of the molecule is Cc1ccccc1-c1cc(O)c2c(c1)CN(C(=O)CCc1cnc[nH]1)CCO2. The van der Waals surface area contributed by atoms with Gasteiger partial charge in [0.2, 0.25) is 5.91 Å². The van der Waals surface area contributed by atoms with Gasteiger partial charge >= 0.3 is 0 Å². The summed E-state index contributed by atoms with van der Waals surface area (Å²) in [5, 5.41) is 10.5. The van der Waals surface area contributed by atoms with Crippen molar-refractivity contribution in [1.29, 1.82) is 0 Å². The lowest BCUT2D eigenvalue weighted by molar-refractivity contribution is -0.131. The van der Waals surface area contributed by atoms with Crippen LogP contribution < -0.4 is 4.74 Å². The van der Waals surface area contributed by atoms with Crippen LogP contribution in [0.15, 0.2) is 48.9 Å². The Hall–Kier alpha value is -3.28. The highest BCUT2D eigenvalue weighted by atomic mass is 16.5. The first kappa shape index (κ1) is 18.1. The molecule has 0 radical (unpaired) electrons. The number of aromatic amines is 1. The number of ether oxygens (including phenoxy) is 1. The van der Waals surface area contributed by atoms with E-state index in [1.54, 1.807) is 23.5 Å². The van der Waals surface area contributed by atoms with Crippen LogP contribution in [-0.2, 0) is 17.8 Å². The van der Waals surface area contributed by atoms with Gasteiger partial charge < -0.3 is 19.7 Å². The molecule has 1 aliphatic heterocycles. The summed E-state index contributed by atoms with van der Waals surface area (Å²) < 4.78 is 5.77. The maximum atomic E-state index is 12.7. The highest BCUT2D eigenvalue weighted by molar-refractivity contribution is 5.77. The molecule has 2 heterocycles. The maximum Gasteiger partial charge on any atom is 0.223 e. The summed E-state index contributed by atoms with van der Waals surface area (Å²) in [6.07, 6.45) is 4.38. The number of H-pyrrole nitrogens is 1. The van der Waals surface area contributed by atoms with Crippen molar-refractivity contribution in [2.75, 3.05) is 13.2 Å². The third kappa shape index (κ3) is 3.71. The highest BCUT2D eigenvalue weighted by Gasteiger charge is 2.23. The van der Waals surface area contributed by atoms with Gasteiger partial charge in [0.25, 0.3) is 0 Å². The Morgan fingerprint density at radius 3 is 2.96 bits per heavy atom. The van der Waals surface area contributed by atoms with E-state index in [0.717, 1.165) is 27.9 Å². The van der Waals surface area contributed by atoms with Gasteiger partial charge in [-0.2, -0.15) is 0 Å². The number of rotatable bonds is 4. The van der Waals surface area contributed by atoms with Crippen molar-refractivity contribution in [1.82, 2.24) is 14.9 Å². The van der Waals surface area contributed by atoms with E-state index in [9.17, 15) is 9.90 Å². The van der Waals surface area contributed by atoms with Crippen molar-refractivity contribution in [3.63, 3.8) is 0 Å². The largest absolute Gasteiger partial charge is 0.504 e. The molecule has 1 aromatic heterocycles. The number of nitrogens with one attached hydrogen (secondary N) is 1. The van der Waals surface area contributed by atoms with Gasteiger partial charge in [0.15, 0.2) is 11.5 Å². The summed E-state index contributed by atoms with van der Waals surface area (Å²) in [5.41, 5.74) is 4.88. The monoisotopic (exact) mass is 377 g/mol. The van der Waals surface area contributed by atoms with E-state index in [1.165, 1.54) is 0 Å². The first-order valence-corrected chi connectivity index (χ1v) is 9.41. The molecule has 0 atom stereocenters. The average Bonchev–Trinajstić information content (AvgIpc) is 3.11. The Balaban J connectivity index is 1.58. The number of benzene rings is 2. The van der Waals surface area contributed by atoms with Gasteiger partial charge in [-0.05, 0) is 42.2 Å². The van der Waals surface area contributed by atoms with Crippen molar-refractivity contribution < 1.29 is 14.6 Å². The molecule has 1 aliphatic rings. The van der Waals surface area contributed by atoms with E-state index in [4.69, 9.17) is 4.74 Å². The third-order valence-electron chi connectivity index (χ3n) is 5.09. The molecule has 6 heteroatoms. The molecule has 0 saturated heterocycles. The second-order valence-corrected chi connectivity index (χ2v) is 7.04. The summed E-state index contributed by atoms with van der Waals surface area (Å²) in [6.45, 7) is 3.32. The van der Waals surface area contributed by atoms with Gasteiger partial charge in [0.05, 0.1) is 12.9 Å². The molecule has 2 aromatic carbocycles. The molecule has 3 aromatic rings. The zero-order valence-corrected chi connectivity index (χ0v) is 15.8. The van der Waals surface area contributed by atoms with Crippen LogP contribution in [0.25, 0.3) is 11.1 Å². The fraction of sp³-hybridized carbons (Fsp3) is 0.273. The average molecular weight is 377 g/mol. The lowest BCUT2D eigenvalue weighted by Gasteiger charge is -2.20. The second-order valence-electron chi connectivity index (χ2n) is 7.04. The molecule has 0 spiro atoms. The number of aryl methyl sites for hydroxylation is 2. The molecular weight excluding hydrogens is 354 g/mol. The van der Waals surface area contributed by atoms with E-state index >= 15 is 0 Å². The van der Waals surface area contributed by atoms with Crippen molar-refractivity contribution in [2.24, 2.45) is 0 Å². The standard InChI is InChI=1S/C22H23N3O3/c1-15-4-2-3-5-19(15)16-10-17-13-25(8-9-28-22(17)20(26)11-16)21(27)7-6-18-12-23-14-24-18/h2-5,10-12,14,26H,6-9,13H2,1H3,(H,23,24). The number of hydrogen-bond acceptors (Lipinski definition) is 4. The van der Waals surface area contributed by atoms with Crippen LogP contribution >= 0.6 is 0 Å². The first-order valence-electron chi connectivity index (χ1n) is 9.41. The quantitative estimate of drug-likeness (QED) is 0.730. The number of phenols is 1. The number of imidazole rings is 1.